The van der Waals surface area contributed by atoms with Gasteiger partial charge in [0.25, 0.3) is 0 Å². The van der Waals surface area contributed by atoms with Crippen molar-refractivity contribution in [3.05, 3.63) is 0 Å². The van der Waals surface area contributed by atoms with E-state index in [9.17, 15) is 13.2 Å². The van der Waals surface area contributed by atoms with E-state index in [0.717, 1.165) is 0 Å². The lowest BCUT2D eigenvalue weighted by molar-refractivity contribution is -0.0755. The highest BCUT2D eigenvalue weighted by atomic mass is 32.2. The number of aliphatic imine (C=N–C) groups is 1. The SMILES string of the molecule is CCNC(=NCC(C)(C)S(C)(=O)=O)NCC1C(C)OC(C)(C)N1C(=O)OC(C)(C)C. The number of rotatable bonds is 6. The number of carbonyl (C=O) groups excluding carboxylic acids is 1. The first kappa shape index (κ1) is 26.5. The van der Waals surface area contributed by atoms with Gasteiger partial charge in [-0.1, -0.05) is 0 Å². The third-order valence-electron chi connectivity index (χ3n) is 4.96. The molecule has 0 aromatic carbocycles. The normalized spacial score (nSPS) is 22.7. The van der Waals surface area contributed by atoms with E-state index in [-0.39, 0.29) is 18.7 Å². The van der Waals surface area contributed by atoms with Gasteiger partial charge in [0.05, 0.1) is 23.4 Å². The van der Waals surface area contributed by atoms with Crippen molar-refractivity contribution < 1.29 is 22.7 Å². The number of carbonyl (C=O) groups is 1. The molecule has 0 aromatic heterocycles. The topological polar surface area (TPSA) is 109 Å². The van der Waals surface area contributed by atoms with Crippen LogP contribution in [0.4, 0.5) is 4.79 Å². The van der Waals surface area contributed by atoms with Crippen LogP contribution in [0.3, 0.4) is 0 Å². The van der Waals surface area contributed by atoms with Crippen LogP contribution in [0.2, 0.25) is 0 Å². The first-order chi connectivity index (χ1) is 13.4. The number of nitrogens with one attached hydrogen (secondary N) is 2. The molecule has 1 heterocycles. The van der Waals surface area contributed by atoms with E-state index in [0.29, 0.717) is 19.0 Å². The summed E-state index contributed by atoms with van der Waals surface area (Å²) in [5.74, 6) is 0.482. The van der Waals surface area contributed by atoms with Crippen LogP contribution in [0.15, 0.2) is 4.99 Å². The van der Waals surface area contributed by atoms with Crippen molar-refractivity contribution >= 4 is 21.9 Å². The molecule has 2 N–H and O–H groups in total. The van der Waals surface area contributed by atoms with Crippen LogP contribution in [0.5, 0.6) is 0 Å². The summed E-state index contributed by atoms with van der Waals surface area (Å²) in [5.41, 5.74) is -1.44. The Morgan fingerprint density at radius 3 is 2.23 bits per heavy atom. The molecule has 0 saturated carbocycles. The monoisotopic (exact) mass is 448 g/mol. The van der Waals surface area contributed by atoms with Gasteiger partial charge in [-0.3, -0.25) is 9.89 Å². The predicted molar refractivity (Wildman–Crippen MR) is 119 cm³/mol. The summed E-state index contributed by atoms with van der Waals surface area (Å²) in [5, 5.41) is 6.33. The van der Waals surface area contributed by atoms with Gasteiger partial charge in [-0.2, -0.15) is 0 Å². The third kappa shape index (κ3) is 7.01. The van der Waals surface area contributed by atoms with Gasteiger partial charge >= 0.3 is 6.09 Å². The Hall–Kier alpha value is -1.55. The van der Waals surface area contributed by atoms with Crippen molar-refractivity contribution in [2.45, 2.75) is 90.5 Å². The van der Waals surface area contributed by atoms with E-state index in [1.807, 2.05) is 48.5 Å². The molecule has 2 unspecified atom stereocenters. The highest BCUT2D eigenvalue weighted by molar-refractivity contribution is 7.92. The number of ether oxygens (including phenoxy) is 2. The maximum absolute atomic E-state index is 12.9. The summed E-state index contributed by atoms with van der Waals surface area (Å²) >= 11 is 0. The van der Waals surface area contributed by atoms with Gasteiger partial charge in [0, 0.05) is 19.3 Å². The molecule has 1 saturated heterocycles. The van der Waals surface area contributed by atoms with Gasteiger partial charge in [-0.15, -0.1) is 0 Å². The molecule has 0 radical (unpaired) electrons. The van der Waals surface area contributed by atoms with Crippen LogP contribution < -0.4 is 10.6 Å². The van der Waals surface area contributed by atoms with E-state index in [2.05, 4.69) is 15.6 Å². The largest absolute Gasteiger partial charge is 0.444 e. The first-order valence-electron chi connectivity index (χ1n) is 10.3. The maximum Gasteiger partial charge on any atom is 0.412 e. The highest BCUT2D eigenvalue weighted by Crippen LogP contribution is 2.33. The van der Waals surface area contributed by atoms with Crippen LogP contribution in [-0.4, -0.2) is 79.5 Å². The second-order valence-corrected chi connectivity index (χ2v) is 12.4. The smallest absolute Gasteiger partial charge is 0.412 e. The fourth-order valence-corrected chi connectivity index (χ4v) is 3.35. The van der Waals surface area contributed by atoms with E-state index in [1.165, 1.54) is 6.26 Å². The summed E-state index contributed by atoms with van der Waals surface area (Å²) in [6.45, 7) is 17.4. The molecule has 0 aliphatic carbocycles. The number of amides is 1. The molecule has 30 heavy (non-hydrogen) atoms. The Balaban J connectivity index is 3.00. The number of hydrogen-bond donors (Lipinski definition) is 2. The molecule has 1 amide bonds. The van der Waals surface area contributed by atoms with Gasteiger partial charge in [0.1, 0.15) is 11.3 Å². The molecule has 1 fully saturated rings. The van der Waals surface area contributed by atoms with Crippen LogP contribution in [0, 0.1) is 0 Å². The van der Waals surface area contributed by atoms with Gasteiger partial charge in [-0.25, -0.2) is 13.2 Å². The minimum atomic E-state index is -3.26. The number of guanidine groups is 1. The van der Waals surface area contributed by atoms with E-state index < -0.39 is 32.0 Å². The third-order valence-corrected chi connectivity index (χ3v) is 7.10. The van der Waals surface area contributed by atoms with E-state index >= 15 is 0 Å². The molecular weight excluding hydrogens is 408 g/mol. The van der Waals surface area contributed by atoms with Crippen LogP contribution in [0.25, 0.3) is 0 Å². The lowest BCUT2D eigenvalue weighted by atomic mass is 10.1. The standard InChI is InChI=1S/C20H40N4O5S/c1-11-21-16(23-13-19(6,7)30(10,26)27)22-12-15-14(2)28-20(8,9)24(15)17(25)29-18(3,4)5/h14-15H,11-13H2,1-10H3,(H2,21,22,23). The minimum absolute atomic E-state index is 0.110. The summed E-state index contributed by atoms with van der Waals surface area (Å²) in [4.78, 5) is 18.9. The van der Waals surface area contributed by atoms with Gasteiger partial charge < -0.3 is 20.1 Å². The average molecular weight is 449 g/mol. The Labute approximate surface area is 181 Å². The van der Waals surface area contributed by atoms with E-state index in [1.54, 1.807) is 18.7 Å². The zero-order chi connectivity index (χ0) is 23.5. The van der Waals surface area contributed by atoms with Crippen LogP contribution >= 0.6 is 0 Å². The van der Waals surface area contributed by atoms with Gasteiger partial charge in [0.15, 0.2) is 15.8 Å². The van der Waals surface area contributed by atoms with Crippen molar-refractivity contribution in [3.63, 3.8) is 0 Å². The Morgan fingerprint density at radius 1 is 1.20 bits per heavy atom. The summed E-state index contributed by atoms with van der Waals surface area (Å²) in [6, 6.07) is -0.290. The van der Waals surface area contributed by atoms with Crippen molar-refractivity contribution in [2.24, 2.45) is 4.99 Å². The number of hydrogen-bond acceptors (Lipinski definition) is 6. The van der Waals surface area contributed by atoms with Gasteiger partial charge in [0.2, 0.25) is 0 Å². The molecule has 1 aliphatic heterocycles. The molecule has 2 atom stereocenters. The minimum Gasteiger partial charge on any atom is -0.444 e. The fraction of sp³-hybridized carbons (Fsp3) is 0.900. The lowest BCUT2D eigenvalue weighted by Crippen LogP contribution is -2.54. The maximum atomic E-state index is 12.9. The summed E-state index contributed by atoms with van der Waals surface area (Å²) in [6.07, 6.45) is 0.542. The fourth-order valence-electron chi connectivity index (χ4n) is 3.05. The molecule has 1 aliphatic rings. The Morgan fingerprint density at radius 2 is 1.77 bits per heavy atom. The van der Waals surface area contributed by atoms with E-state index in [4.69, 9.17) is 9.47 Å². The van der Waals surface area contributed by atoms with Crippen molar-refractivity contribution in [2.75, 3.05) is 25.9 Å². The second kappa shape index (κ2) is 9.30. The van der Waals surface area contributed by atoms with Crippen LogP contribution in [0.1, 0.15) is 62.3 Å². The molecular formula is C20H40N4O5S. The van der Waals surface area contributed by atoms with Gasteiger partial charge in [-0.05, 0) is 62.3 Å². The zero-order valence-electron chi connectivity index (χ0n) is 20.1. The molecule has 0 bridgehead atoms. The predicted octanol–water partition coefficient (Wildman–Crippen LogP) is 2.13. The van der Waals surface area contributed by atoms with Crippen molar-refractivity contribution in [1.29, 1.82) is 0 Å². The highest BCUT2D eigenvalue weighted by Gasteiger charge is 2.49. The lowest BCUT2D eigenvalue weighted by Gasteiger charge is -2.35. The first-order valence-corrected chi connectivity index (χ1v) is 12.2. The summed E-state index contributed by atoms with van der Waals surface area (Å²) in [7, 11) is -3.26. The number of nitrogens with zero attached hydrogens (tertiary/aromatic N) is 2. The average Bonchev–Trinajstić information content (AvgIpc) is 2.75. The molecule has 1 rings (SSSR count). The molecule has 0 spiro atoms. The Bertz CT molecular complexity index is 741. The quantitative estimate of drug-likeness (QED) is 0.473. The molecule has 9 nitrogen and oxygen atoms in total. The van der Waals surface area contributed by atoms with Crippen molar-refractivity contribution in [3.8, 4) is 0 Å². The molecule has 176 valence electrons. The zero-order valence-corrected chi connectivity index (χ0v) is 20.9. The number of sulfone groups is 1. The summed E-state index contributed by atoms with van der Waals surface area (Å²) < 4.78 is 34.5. The Kier molecular flexibility index (Phi) is 8.21. The second-order valence-electron chi connectivity index (χ2n) is 9.80. The molecule has 10 heteroatoms. The van der Waals surface area contributed by atoms with Crippen LogP contribution in [-0.2, 0) is 19.3 Å². The van der Waals surface area contributed by atoms with Crippen molar-refractivity contribution in [1.82, 2.24) is 15.5 Å². The molecule has 0 aromatic rings.